The zero-order valence-electron chi connectivity index (χ0n) is 26.5. The van der Waals surface area contributed by atoms with E-state index >= 15 is 0 Å². The molecule has 1 N–H and O–H groups in total. The van der Waals surface area contributed by atoms with Crippen LogP contribution < -0.4 is 9.64 Å². The molecule has 46 heavy (non-hydrogen) atoms. The number of hydrogen-bond acceptors (Lipinski definition) is 9. The number of ether oxygens (including phenoxy) is 2. The van der Waals surface area contributed by atoms with E-state index in [-0.39, 0.29) is 23.7 Å². The summed E-state index contributed by atoms with van der Waals surface area (Å²) >= 11 is 0. The van der Waals surface area contributed by atoms with Gasteiger partial charge in [0.05, 0.1) is 25.3 Å². The number of carbonyl (C=O) groups excluding carboxylic acids is 1. The number of morpholine rings is 1. The van der Waals surface area contributed by atoms with Crippen molar-refractivity contribution in [2.45, 2.75) is 43.8 Å². The van der Waals surface area contributed by atoms with Crippen molar-refractivity contribution in [3.8, 4) is 22.9 Å². The van der Waals surface area contributed by atoms with Crippen molar-refractivity contribution in [1.29, 1.82) is 0 Å². The number of amides is 1. The van der Waals surface area contributed by atoms with Crippen LogP contribution in [-0.4, -0.2) is 120 Å². The van der Waals surface area contributed by atoms with Gasteiger partial charge in [0.15, 0.2) is 0 Å². The van der Waals surface area contributed by atoms with Gasteiger partial charge >= 0.3 is 6.01 Å². The molecule has 4 aromatic rings. The quantitative estimate of drug-likeness (QED) is 0.327. The summed E-state index contributed by atoms with van der Waals surface area (Å²) in [6.45, 7) is 6.35. The number of fused-ring (bicyclic) bond motifs is 4. The van der Waals surface area contributed by atoms with Crippen LogP contribution in [0.25, 0.3) is 32.8 Å². The molecule has 1 amide bonds. The third-order valence-corrected chi connectivity index (χ3v) is 10.4. The largest absolute Gasteiger partial charge is 0.508 e. The Morgan fingerprint density at radius 3 is 2.54 bits per heavy atom. The number of phenolic OH excluding ortho intramolecular Hbond substituents is 1. The van der Waals surface area contributed by atoms with Gasteiger partial charge in [-0.1, -0.05) is 30.3 Å². The number of aromatic nitrogens is 2. The van der Waals surface area contributed by atoms with Crippen LogP contribution in [0.15, 0.2) is 54.6 Å². The number of benzene rings is 3. The van der Waals surface area contributed by atoms with E-state index in [4.69, 9.17) is 19.4 Å². The van der Waals surface area contributed by atoms with Gasteiger partial charge in [0.2, 0.25) is 5.91 Å². The van der Waals surface area contributed by atoms with Gasteiger partial charge < -0.3 is 29.3 Å². The molecule has 0 saturated carbocycles. The third-order valence-electron chi connectivity index (χ3n) is 10.4. The molecule has 240 valence electrons. The molecule has 5 heterocycles. The zero-order chi connectivity index (χ0) is 31.2. The summed E-state index contributed by atoms with van der Waals surface area (Å²) in [7, 11) is 2.15. The predicted octanol–water partition coefficient (Wildman–Crippen LogP) is 4.14. The molecule has 2 bridgehead atoms. The summed E-state index contributed by atoms with van der Waals surface area (Å²) in [5.74, 6) is 1.35. The first-order valence-electron chi connectivity index (χ1n) is 16.7. The average molecular weight is 623 g/mol. The highest BCUT2D eigenvalue weighted by molar-refractivity contribution is 6.01. The minimum Gasteiger partial charge on any atom is -0.508 e. The number of likely N-dealkylation sites (N-methyl/N-ethyl adjacent to an activating group) is 1. The average Bonchev–Trinajstić information content (AvgIpc) is 3.61. The number of rotatable bonds is 7. The molecule has 4 aliphatic heterocycles. The number of hydrogen-bond donors (Lipinski definition) is 1. The van der Waals surface area contributed by atoms with E-state index in [1.54, 1.807) is 6.07 Å². The Labute approximate surface area is 269 Å². The standard InChI is InChI=1S/C36H42N6O4/c1-39-12-4-6-28(39)23-46-36-37-33-18-25(32-19-29(43)17-24-5-2-3-7-30(24)32)8-11-31(33)35(38-36)42-26-9-10-27(42)21-40(20-26)22-34(44)41-13-15-45-16-14-41/h2-3,5,7-8,11,17-19,26-28,43H,4,6,9-10,12-16,20-23H2,1H3/t26?,27?,28-/m0/s1. The smallest absolute Gasteiger partial charge is 0.319 e. The number of aromatic hydroxyl groups is 1. The molecule has 4 fully saturated rings. The molecular weight excluding hydrogens is 580 g/mol. The van der Waals surface area contributed by atoms with Crippen molar-refractivity contribution < 1.29 is 19.4 Å². The molecule has 0 aliphatic carbocycles. The fourth-order valence-electron chi connectivity index (χ4n) is 7.98. The summed E-state index contributed by atoms with van der Waals surface area (Å²) in [6, 6.07) is 19.4. The lowest BCUT2D eigenvalue weighted by atomic mass is 9.97. The molecule has 2 unspecified atom stereocenters. The molecule has 4 saturated heterocycles. The van der Waals surface area contributed by atoms with E-state index in [1.807, 2.05) is 29.2 Å². The van der Waals surface area contributed by atoms with Crippen molar-refractivity contribution in [2.75, 3.05) is 71.0 Å². The van der Waals surface area contributed by atoms with Gasteiger partial charge in [0.25, 0.3) is 0 Å². The summed E-state index contributed by atoms with van der Waals surface area (Å²) < 4.78 is 11.8. The number of piperazine rings is 1. The summed E-state index contributed by atoms with van der Waals surface area (Å²) in [4.78, 5) is 32.3. The van der Waals surface area contributed by atoms with E-state index < -0.39 is 0 Å². The van der Waals surface area contributed by atoms with Gasteiger partial charge in [-0.15, -0.1) is 0 Å². The second-order valence-electron chi connectivity index (χ2n) is 13.3. The number of anilines is 1. The van der Waals surface area contributed by atoms with Crippen molar-refractivity contribution >= 4 is 33.4 Å². The predicted molar refractivity (Wildman–Crippen MR) is 178 cm³/mol. The number of carbonyl (C=O) groups is 1. The molecule has 10 heteroatoms. The van der Waals surface area contributed by atoms with Gasteiger partial charge in [0.1, 0.15) is 18.2 Å². The third kappa shape index (κ3) is 5.63. The minimum absolute atomic E-state index is 0.197. The van der Waals surface area contributed by atoms with Gasteiger partial charge in [-0.3, -0.25) is 9.69 Å². The van der Waals surface area contributed by atoms with Crippen molar-refractivity contribution in [3.63, 3.8) is 0 Å². The summed E-state index contributed by atoms with van der Waals surface area (Å²) in [5, 5.41) is 13.6. The van der Waals surface area contributed by atoms with Crippen molar-refractivity contribution in [2.24, 2.45) is 0 Å². The lowest BCUT2D eigenvalue weighted by Crippen LogP contribution is -2.56. The second-order valence-corrected chi connectivity index (χ2v) is 13.3. The van der Waals surface area contributed by atoms with Gasteiger partial charge in [-0.05, 0) is 85.4 Å². The van der Waals surface area contributed by atoms with Gasteiger partial charge in [-0.25, -0.2) is 0 Å². The topological polar surface area (TPSA) is 94.5 Å². The van der Waals surface area contributed by atoms with E-state index in [1.165, 1.54) is 6.42 Å². The van der Waals surface area contributed by atoms with Crippen LogP contribution >= 0.6 is 0 Å². The Kier molecular flexibility index (Phi) is 7.88. The molecule has 1 aromatic heterocycles. The first kappa shape index (κ1) is 29.4. The van der Waals surface area contributed by atoms with Crippen molar-refractivity contribution in [1.82, 2.24) is 24.7 Å². The fourth-order valence-corrected chi connectivity index (χ4v) is 7.98. The Balaban J connectivity index is 1.13. The highest BCUT2D eigenvalue weighted by Crippen LogP contribution is 2.40. The van der Waals surface area contributed by atoms with E-state index in [9.17, 15) is 9.90 Å². The molecule has 10 nitrogen and oxygen atoms in total. The highest BCUT2D eigenvalue weighted by atomic mass is 16.5. The maximum Gasteiger partial charge on any atom is 0.319 e. The molecule has 8 rings (SSSR count). The Morgan fingerprint density at radius 2 is 1.76 bits per heavy atom. The Morgan fingerprint density at radius 1 is 0.957 bits per heavy atom. The maximum absolute atomic E-state index is 13.1. The molecule has 0 spiro atoms. The normalized spacial score (nSPS) is 23.9. The fraction of sp³-hybridized carbons (Fsp3) is 0.472. The maximum atomic E-state index is 13.1. The highest BCUT2D eigenvalue weighted by Gasteiger charge is 2.42. The second kappa shape index (κ2) is 12.3. The van der Waals surface area contributed by atoms with Crippen LogP contribution in [0.5, 0.6) is 11.8 Å². The Hall–Kier alpha value is -3.99. The number of phenols is 1. The molecule has 0 radical (unpaired) electrons. The van der Waals surface area contributed by atoms with Crippen LogP contribution in [0.4, 0.5) is 5.82 Å². The SMILES string of the molecule is CN1CCC[C@H]1COc1nc(N2C3CCC2CN(CC(=O)N2CCOCC2)C3)c2ccc(-c3cc(O)cc4ccccc34)cc2n1. The first-order valence-corrected chi connectivity index (χ1v) is 16.7. The van der Waals surface area contributed by atoms with Crippen LogP contribution in [0.2, 0.25) is 0 Å². The number of likely N-dealkylation sites (tertiary alicyclic amines) is 2. The molecule has 4 aliphatic rings. The molecule has 3 aromatic carbocycles. The van der Waals surface area contributed by atoms with Gasteiger partial charge in [0, 0.05) is 49.7 Å². The van der Waals surface area contributed by atoms with Gasteiger partial charge in [-0.2, -0.15) is 9.97 Å². The number of nitrogens with zero attached hydrogens (tertiary/aromatic N) is 6. The Bertz CT molecular complexity index is 1750. The van der Waals surface area contributed by atoms with E-state index in [0.717, 1.165) is 77.5 Å². The van der Waals surface area contributed by atoms with Crippen LogP contribution in [0.3, 0.4) is 0 Å². The first-order chi connectivity index (χ1) is 22.5. The van der Waals surface area contributed by atoms with E-state index in [0.29, 0.717) is 51.5 Å². The molecular formula is C36H42N6O4. The minimum atomic E-state index is 0.197. The summed E-state index contributed by atoms with van der Waals surface area (Å²) in [6.07, 6.45) is 4.42. The van der Waals surface area contributed by atoms with Crippen LogP contribution in [0, 0.1) is 0 Å². The monoisotopic (exact) mass is 622 g/mol. The zero-order valence-corrected chi connectivity index (χ0v) is 26.5. The molecule has 3 atom stereocenters. The van der Waals surface area contributed by atoms with E-state index in [2.05, 4.69) is 46.0 Å². The van der Waals surface area contributed by atoms with Crippen LogP contribution in [-0.2, 0) is 9.53 Å². The lowest BCUT2D eigenvalue weighted by molar-refractivity contribution is -0.136. The van der Waals surface area contributed by atoms with Crippen molar-refractivity contribution in [3.05, 3.63) is 54.6 Å². The summed E-state index contributed by atoms with van der Waals surface area (Å²) in [5.41, 5.74) is 2.78. The lowest BCUT2D eigenvalue weighted by Gasteiger charge is -2.42. The van der Waals surface area contributed by atoms with Crippen LogP contribution in [0.1, 0.15) is 25.7 Å².